The molecule has 0 spiro atoms. The minimum absolute atomic E-state index is 1.26. The molecule has 0 aliphatic heterocycles. The summed E-state index contributed by atoms with van der Waals surface area (Å²) < 4.78 is 0. The normalized spacial score (nSPS) is 12.2. The molecule has 0 radical (unpaired) electrons. The Balaban J connectivity index is 1.13. The van der Waals surface area contributed by atoms with Crippen molar-refractivity contribution >= 4 is 86.2 Å². The van der Waals surface area contributed by atoms with Crippen LogP contribution in [0.4, 0.5) is 0 Å². The SMILES string of the molecule is c1ccc2cc(-c3cc4cccc5c(-c6cc7cccc8c(-c9ccc%10ccccc%10c9)cc9cccc6c9c78)cc6cccc3c6c45)ccc2c1. The molecule has 0 atom stereocenters. The molecule has 0 nitrogen and oxygen atoms in total. The van der Waals surface area contributed by atoms with Crippen molar-refractivity contribution in [3.05, 3.63) is 182 Å². The van der Waals surface area contributed by atoms with Gasteiger partial charge in [-0.15, -0.1) is 0 Å². The molecule has 12 aromatic carbocycles. The summed E-state index contributed by atoms with van der Waals surface area (Å²) in [4.78, 5) is 0. The third-order valence-corrected chi connectivity index (χ3v) is 11.7. The number of fused-ring (bicyclic) bond motifs is 2. The minimum Gasteiger partial charge on any atom is -0.0616 e. The van der Waals surface area contributed by atoms with Gasteiger partial charge in [0.15, 0.2) is 0 Å². The van der Waals surface area contributed by atoms with E-state index in [-0.39, 0.29) is 0 Å². The van der Waals surface area contributed by atoms with E-state index < -0.39 is 0 Å². The summed E-state index contributed by atoms with van der Waals surface area (Å²) in [5, 5.41) is 20.8. The van der Waals surface area contributed by atoms with Crippen LogP contribution < -0.4 is 0 Å². The molecule has 0 aliphatic rings. The van der Waals surface area contributed by atoms with Crippen molar-refractivity contribution in [2.45, 2.75) is 0 Å². The molecule has 12 aromatic rings. The average molecular weight is 655 g/mol. The Kier molecular flexibility index (Phi) is 5.59. The lowest BCUT2D eigenvalue weighted by molar-refractivity contribution is 1.69. The predicted octanol–water partition coefficient (Wildman–Crippen LogP) is 14.8. The molecule has 0 heterocycles. The molecule has 0 bridgehead atoms. The van der Waals surface area contributed by atoms with Crippen LogP contribution in [-0.4, -0.2) is 0 Å². The summed E-state index contributed by atoms with van der Waals surface area (Å²) in [5.74, 6) is 0. The standard InChI is InChI=1S/C52H30/c1-3-11-33-25-35(23-21-31(33)9-1)45-27-37-13-7-19-43-47(29-39-15-5-17-41(45)49(39)51(37)43)48-30-40-16-6-18-42-46(28-38-14-8-20-44(48)52(38)50(40)42)36-24-22-32-10-2-4-12-34(32)26-36/h1-30H. The quantitative estimate of drug-likeness (QED) is 0.166. The van der Waals surface area contributed by atoms with Gasteiger partial charge in [0.1, 0.15) is 0 Å². The maximum Gasteiger partial charge on any atom is -0.00201 e. The van der Waals surface area contributed by atoms with E-state index in [0.29, 0.717) is 0 Å². The van der Waals surface area contributed by atoms with Gasteiger partial charge >= 0.3 is 0 Å². The summed E-state index contributed by atoms with van der Waals surface area (Å²) in [5.41, 5.74) is 7.66. The van der Waals surface area contributed by atoms with Gasteiger partial charge in [0.05, 0.1) is 0 Å². The van der Waals surface area contributed by atoms with Gasteiger partial charge in [-0.05, 0) is 156 Å². The summed E-state index contributed by atoms with van der Waals surface area (Å²) in [6.07, 6.45) is 0. The maximum atomic E-state index is 2.45. The molecule has 0 N–H and O–H groups in total. The van der Waals surface area contributed by atoms with Crippen LogP contribution in [-0.2, 0) is 0 Å². The highest BCUT2D eigenvalue weighted by atomic mass is 14.2. The minimum atomic E-state index is 1.26. The highest BCUT2D eigenvalue weighted by molar-refractivity contribution is 6.33. The van der Waals surface area contributed by atoms with Crippen molar-refractivity contribution in [1.82, 2.24) is 0 Å². The number of hydrogen-bond acceptors (Lipinski definition) is 0. The van der Waals surface area contributed by atoms with Crippen LogP contribution in [0.3, 0.4) is 0 Å². The zero-order valence-electron chi connectivity index (χ0n) is 28.3. The van der Waals surface area contributed by atoms with E-state index in [1.165, 1.54) is 120 Å². The van der Waals surface area contributed by atoms with Crippen LogP contribution in [0.25, 0.3) is 120 Å². The third-order valence-electron chi connectivity index (χ3n) is 11.7. The zero-order valence-corrected chi connectivity index (χ0v) is 28.3. The van der Waals surface area contributed by atoms with Crippen molar-refractivity contribution in [1.29, 1.82) is 0 Å². The first-order valence-electron chi connectivity index (χ1n) is 18.2. The fraction of sp³-hybridized carbons (Fsp3) is 0. The molecule has 238 valence electrons. The van der Waals surface area contributed by atoms with Crippen molar-refractivity contribution in [2.24, 2.45) is 0 Å². The van der Waals surface area contributed by atoms with Gasteiger partial charge in [-0.25, -0.2) is 0 Å². The lowest BCUT2D eigenvalue weighted by Gasteiger charge is -2.21. The van der Waals surface area contributed by atoms with E-state index >= 15 is 0 Å². The second-order valence-corrected chi connectivity index (χ2v) is 14.4. The molecule has 0 amide bonds. The van der Waals surface area contributed by atoms with Gasteiger partial charge in [0.25, 0.3) is 0 Å². The lowest BCUT2D eigenvalue weighted by Crippen LogP contribution is -1.93. The van der Waals surface area contributed by atoms with Gasteiger partial charge in [0, 0.05) is 0 Å². The fourth-order valence-corrected chi connectivity index (χ4v) is 9.35. The predicted molar refractivity (Wildman–Crippen MR) is 225 cm³/mol. The highest BCUT2D eigenvalue weighted by Gasteiger charge is 2.21. The first-order valence-corrected chi connectivity index (χ1v) is 18.2. The van der Waals surface area contributed by atoms with E-state index in [4.69, 9.17) is 0 Å². The van der Waals surface area contributed by atoms with Crippen molar-refractivity contribution in [2.75, 3.05) is 0 Å². The van der Waals surface area contributed by atoms with Crippen LogP contribution in [0.2, 0.25) is 0 Å². The van der Waals surface area contributed by atoms with Crippen LogP contribution in [0.15, 0.2) is 182 Å². The van der Waals surface area contributed by atoms with E-state index in [1.54, 1.807) is 0 Å². The molecule has 52 heavy (non-hydrogen) atoms. The molecule has 0 aliphatic carbocycles. The molecule has 0 fully saturated rings. The van der Waals surface area contributed by atoms with Gasteiger partial charge in [-0.3, -0.25) is 0 Å². The average Bonchev–Trinajstić information content (AvgIpc) is 3.21. The number of hydrogen-bond donors (Lipinski definition) is 0. The Morgan fingerprint density at radius 2 is 0.500 bits per heavy atom. The Labute approximate surface area is 300 Å². The van der Waals surface area contributed by atoms with Crippen molar-refractivity contribution in [3.8, 4) is 33.4 Å². The Bertz CT molecular complexity index is 3170. The van der Waals surface area contributed by atoms with E-state index in [9.17, 15) is 0 Å². The number of benzene rings is 12. The zero-order chi connectivity index (χ0) is 33.9. The van der Waals surface area contributed by atoms with Crippen molar-refractivity contribution in [3.63, 3.8) is 0 Å². The molecule has 0 aromatic heterocycles. The number of rotatable bonds is 3. The monoisotopic (exact) mass is 654 g/mol. The first-order chi connectivity index (χ1) is 25.8. The van der Waals surface area contributed by atoms with Gasteiger partial charge in [-0.1, -0.05) is 146 Å². The van der Waals surface area contributed by atoms with E-state index in [1.807, 2.05) is 0 Å². The second kappa shape index (κ2) is 10.4. The third kappa shape index (κ3) is 3.87. The van der Waals surface area contributed by atoms with E-state index in [0.717, 1.165) is 0 Å². The first kappa shape index (κ1) is 28.0. The van der Waals surface area contributed by atoms with Gasteiger partial charge < -0.3 is 0 Å². The molecule has 0 unspecified atom stereocenters. The molecule has 12 rings (SSSR count). The Morgan fingerprint density at radius 1 is 0.192 bits per heavy atom. The van der Waals surface area contributed by atoms with Crippen LogP contribution in [0.1, 0.15) is 0 Å². The fourth-order valence-electron chi connectivity index (χ4n) is 9.35. The maximum absolute atomic E-state index is 2.45. The smallest absolute Gasteiger partial charge is 0.00201 e. The molecular weight excluding hydrogens is 625 g/mol. The largest absolute Gasteiger partial charge is 0.0616 e. The summed E-state index contributed by atoms with van der Waals surface area (Å²) in [6, 6.07) is 68.2. The summed E-state index contributed by atoms with van der Waals surface area (Å²) >= 11 is 0. The summed E-state index contributed by atoms with van der Waals surface area (Å²) in [7, 11) is 0. The molecular formula is C52H30. The van der Waals surface area contributed by atoms with Crippen molar-refractivity contribution < 1.29 is 0 Å². The molecule has 0 heteroatoms. The Hall–Kier alpha value is -6.76. The molecule has 0 saturated heterocycles. The highest BCUT2D eigenvalue weighted by Crippen LogP contribution is 2.48. The van der Waals surface area contributed by atoms with Crippen LogP contribution in [0.5, 0.6) is 0 Å². The molecule has 0 saturated carbocycles. The van der Waals surface area contributed by atoms with Crippen LogP contribution in [0, 0.1) is 0 Å². The van der Waals surface area contributed by atoms with E-state index in [2.05, 4.69) is 182 Å². The lowest BCUT2D eigenvalue weighted by atomic mass is 9.82. The van der Waals surface area contributed by atoms with Crippen LogP contribution >= 0.6 is 0 Å². The summed E-state index contributed by atoms with van der Waals surface area (Å²) in [6.45, 7) is 0. The second-order valence-electron chi connectivity index (χ2n) is 14.4. The van der Waals surface area contributed by atoms with Gasteiger partial charge in [0.2, 0.25) is 0 Å². The Morgan fingerprint density at radius 3 is 0.885 bits per heavy atom. The van der Waals surface area contributed by atoms with Gasteiger partial charge in [-0.2, -0.15) is 0 Å². The topological polar surface area (TPSA) is 0 Å².